The number of rotatable bonds is 8. The zero-order valence-corrected chi connectivity index (χ0v) is 22.9. The second kappa shape index (κ2) is 12.6. The van der Waals surface area contributed by atoms with Gasteiger partial charge in [-0.15, -0.1) is 0 Å². The average molecular weight is 566 g/mol. The van der Waals surface area contributed by atoms with Crippen molar-refractivity contribution in [2.75, 3.05) is 44.2 Å². The van der Waals surface area contributed by atoms with Crippen LogP contribution in [0, 0.1) is 0 Å². The van der Waals surface area contributed by atoms with Gasteiger partial charge in [0.25, 0.3) is 5.91 Å². The number of piperazine rings is 1. The molecule has 3 atom stereocenters. The molecule has 212 valence electrons. The molecule has 0 saturated carbocycles. The summed E-state index contributed by atoms with van der Waals surface area (Å²) in [6.07, 6.45) is -2.96. The first-order valence-corrected chi connectivity index (χ1v) is 13.7. The number of nitrogens with one attached hydrogen (secondary N) is 2. The molecule has 0 spiro atoms. The van der Waals surface area contributed by atoms with Crippen LogP contribution in [0.15, 0.2) is 48.5 Å². The Hall–Kier alpha value is -2.82. The third-order valence-corrected chi connectivity index (χ3v) is 8.00. The number of likely N-dealkylation sites (tertiary alicyclic amines) is 1. The van der Waals surface area contributed by atoms with Crippen LogP contribution in [0.4, 0.5) is 18.9 Å². The maximum absolute atomic E-state index is 12.9. The van der Waals surface area contributed by atoms with Gasteiger partial charge in [-0.3, -0.25) is 19.4 Å². The highest BCUT2D eigenvalue weighted by Gasteiger charge is 2.35. The van der Waals surface area contributed by atoms with Gasteiger partial charge < -0.3 is 15.5 Å². The van der Waals surface area contributed by atoms with E-state index in [1.165, 1.54) is 12.1 Å². The molecule has 2 aliphatic rings. The molecule has 2 heterocycles. The van der Waals surface area contributed by atoms with Crippen molar-refractivity contribution in [3.8, 4) is 0 Å². The van der Waals surface area contributed by atoms with Gasteiger partial charge in [0, 0.05) is 61.1 Å². The second-order valence-electron chi connectivity index (χ2n) is 10.2. The van der Waals surface area contributed by atoms with Crippen molar-refractivity contribution in [3.63, 3.8) is 0 Å². The summed E-state index contributed by atoms with van der Waals surface area (Å²) in [6, 6.07) is 12.5. The van der Waals surface area contributed by atoms with E-state index in [1.807, 2.05) is 18.2 Å². The lowest BCUT2D eigenvalue weighted by molar-refractivity contribution is -0.137. The van der Waals surface area contributed by atoms with Crippen molar-refractivity contribution < 1.29 is 22.8 Å². The summed E-state index contributed by atoms with van der Waals surface area (Å²) in [5.41, 5.74) is 0.0820. The van der Waals surface area contributed by atoms with Crippen LogP contribution < -0.4 is 15.5 Å². The first-order valence-electron chi connectivity index (χ1n) is 13.3. The maximum Gasteiger partial charge on any atom is 0.416 e. The normalized spacial score (nSPS) is 20.5. The molecule has 0 aromatic heterocycles. The summed E-state index contributed by atoms with van der Waals surface area (Å²) in [7, 11) is 0. The average Bonchev–Trinajstić information content (AvgIpc) is 3.38. The van der Waals surface area contributed by atoms with Gasteiger partial charge in [0.1, 0.15) is 0 Å². The number of benzene rings is 2. The predicted octanol–water partition coefficient (Wildman–Crippen LogP) is 4.23. The standard InChI is InChI=1S/C28H35ClF3N5O2/c1-19(35-12-14-36(15-13-35)24-9-4-8-23(29)17-24)20(2)37-11-5-10-25(37)34-26(38)18-33-27(39)21-6-3-7-22(16-21)28(30,31)32/h3-4,6-9,16-17,19-20,25H,5,10-15,18H2,1-2H3,(H,33,39)(H,34,38)/t19-,20?,25?/m1/s1. The molecule has 2 amide bonds. The fourth-order valence-corrected chi connectivity index (χ4v) is 5.59. The molecule has 7 nitrogen and oxygen atoms in total. The zero-order valence-electron chi connectivity index (χ0n) is 22.2. The Kier molecular flexibility index (Phi) is 9.40. The minimum Gasteiger partial charge on any atom is -0.369 e. The lowest BCUT2D eigenvalue weighted by atomic mass is 10.1. The van der Waals surface area contributed by atoms with Crippen LogP contribution in [0.3, 0.4) is 0 Å². The summed E-state index contributed by atoms with van der Waals surface area (Å²) in [4.78, 5) is 32.1. The van der Waals surface area contributed by atoms with Gasteiger partial charge in [-0.05, 0) is 63.1 Å². The SMILES string of the molecule is CC([C@@H](C)N1CCN(c2cccc(Cl)c2)CC1)N1CCCC1NC(=O)CNC(=O)c1cccc(C(F)(F)F)c1. The minimum atomic E-state index is -4.54. The summed E-state index contributed by atoms with van der Waals surface area (Å²) in [6.45, 7) is 8.59. The van der Waals surface area contributed by atoms with Crippen LogP contribution in [-0.2, 0) is 11.0 Å². The zero-order chi connectivity index (χ0) is 28.2. The minimum absolute atomic E-state index is 0.141. The van der Waals surface area contributed by atoms with Crippen LogP contribution in [-0.4, -0.2) is 79.1 Å². The van der Waals surface area contributed by atoms with Crippen LogP contribution in [0.25, 0.3) is 0 Å². The number of amides is 2. The number of anilines is 1. The lowest BCUT2D eigenvalue weighted by Crippen LogP contribution is -2.58. The Bertz CT molecular complexity index is 1160. The smallest absolute Gasteiger partial charge is 0.369 e. The molecule has 2 saturated heterocycles. The molecule has 2 aliphatic heterocycles. The summed E-state index contributed by atoms with van der Waals surface area (Å²) >= 11 is 6.16. The van der Waals surface area contributed by atoms with Crippen LogP contribution in [0.5, 0.6) is 0 Å². The third kappa shape index (κ3) is 7.43. The molecular weight excluding hydrogens is 531 g/mol. The fourth-order valence-electron chi connectivity index (χ4n) is 5.41. The Balaban J connectivity index is 1.26. The Morgan fingerprint density at radius 1 is 1.00 bits per heavy atom. The molecule has 39 heavy (non-hydrogen) atoms. The first-order chi connectivity index (χ1) is 18.5. The van der Waals surface area contributed by atoms with Gasteiger partial charge in [0.2, 0.25) is 5.91 Å². The summed E-state index contributed by atoms with van der Waals surface area (Å²) < 4.78 is 38.8. The third-order valence-electron chi connectivity index (χ3n) is 7.77. The molecule has 2 aromatic rings. The topological polar surface area (TPSA) is 67.9 Å². The van der Waals surface area contributed by atoms with E-state index in [-0.39, 0.29) is 36.3 Å². The van der Waals surface area contributed by atoms with E-state index in [9.17, 15) is 22.8 Å². The Morgan fingerprint density at radius 3 is 2.41 bits per heavy atom. The number of hydrogen-bond donors (Lipinski definition) is 2. The number of carbonyl (C=O) groups is 2. The van der Waals surface area contributed by atoms with E-state index in [0.717, 1.165) is 68.4 Å². The van der Waals surface area contributed by atoms with E-state index < -0.39 is 17.6 Å². The molecular formula is C28H35ClF3N5O2. The van der Waals surface area contributed by atoms with Crippen LogP contribution in [0.2, 0.25) is 5.02 Å². The number of halogens is 4. The molecule has 2 unspecified atom stereocenters. The van der Waals surface area contributed by atoms with Crippen LogP contribution >= 0.6 is 11.6 Å². The van der Waals surface area contributed by atoms with Gasteiger partial charge in [0.15, 0.2) is 0 Å². The van der Waals surface area contributed by atoms with Crippen molar-refractivity contribution in [2.45, 2.75) is 51.1 Å². The molecule has 0 radical (unpaired) electrons. The predicted molar refractivity (Wildman–Crippen MR) is 146 cm³/mol. The van der Waals surface area contributed by atoms with Crippen molar-refractivity contribution in [1.29, 1.82) is 0 Å². The van der Waals surface area contributed by atoms with Crippen LogP contribution in [0.1, 0.15) is 42.6 Å². The van der Waals surface area contributed by atoms with E-state index in [4.69, 9.17) is 11.6 Å². The van der Waals surface area contributed by atoms with E-state index in [2.05, 4.69) is 45.2 Å². The van der Waals surface area contributed by atoms with E-state index in [1.54, 1.807) is 0 Å². The van der Waals surface area contributed by atoms with Gasteiger partial charge >= 0.3 is 6.18 Å². The van der Waals surface area contributed by atoms with Gasteiger partial charge in [-0.25, -0.2) is 0 Å². The molecule has 4 rings (SSSR count). The maximum atomic E-state index is 12.9. The largest absolute Gasteiger partial charge is 0.416 e. The van der Waals surface area contributed by atoms with E-state index >= 15 is 0 Å². The van der Waals surface area contributed by atoms with Gasteiger partial charge in [0.05, 0.1) is 18.3 Å². The van der Waals surface area contributed by atoms with Crippen molar-refractivity contribution in [1.82, 2.24) is 20.4 Å². The highest BCUT2D eigenvalue weighted by atomic mass is 35.5. The molecule has 0 bridgehead atoms. The van der Waals surface area contributed by atoms with Gasteiger partial charge in [-0.2, -0.15) is 13.2 Å². The molecule has 2 aromatic carbocycles. The first kappa shape index (κ1) is 29.2. The van der Waals surface area contributed by atoms with Crippen molar-refractivity contribution >= 4 is 29.1 Å². The molecule has 0 aliphatic carbocycles. The Morgan fingerprint density at radius 2 is 1.72 bits per heavy atom. The van der Waals surface area contributed by atoms with E-state index in [0.29, 0.717) is 0 Å². The quantitative estimate of drug-likeness (QED) is 0.502. The molecule has 2 N–H and O–H groups in total. The number of hydrogen-bond acceptors (Lipinski definition) is 5. The fraction of sp³-hybridized carbons (Fsp3) is 0.500. The van der Waals surface area contributed by atoms with Crippen molar-refractivity contribution in [2.24, 2.45) is 0 Å². The molecule has 11 heteroatoms. The summed E-state index contributed by atoms with van der Waals surface area (Å²) in [5.74, 6) is -1.10. The Labute approximate surface area is 232 Å². The summed E-state index contributed by atoms with van der Waals surface area (Å²) in [5, 5.41) is 6.16. The molecule has 2 fully saturated rings. The van der Waals surface area contributed by atoms with Gasteiger partial charge in [-0.1, -0.05) is 23.7 Å². The number of alkyl halides is 3. The number of nitrogens with zero attached hydrogens (tertiary/aromatic N) is 3. The monoisotopic (exact) mass is 565 g/mol. The highest BCUT2D eigenvalue weighted by Crippen LogP contribution is 2.29. The highest BCUT2D eigenvalue weighted by molar-refractivity contribution is 6.30. The number of carbonyl (C=O) groups excluding carboxylic acids is 2. The van der Waals surface area contributed by atoms with Crippen molar-refractivity contribution in [3.05, 3.63) is 64.7 Å². The second-order valence-corrected chi connectivity index (χ2v) is 10.6. The lowest BCUT2D eigenvalue weighted by Gasteiger charge is -2.44.